The summed E-state index contributed by atoms with van der Waals surface area (Å²) in [5, 5.41) is 13.8. The van der Waals surface area contributed by atoms with E-state index in [2.05, 4.69) is 10.1 Å². The zero-order chi connectivity index (χ0) is 22.0. The number of carbonyl (C=O) groups excluding carboxylic acids is 1. The van der Waals surface area contributed by atoms with Crippen molar-refractivity contribution in [1.29, 1.82) is 0 Å². The van der Waals surface area contributed by atoms with Crippen molar-refractivity contribution in [3.05, 3.63) is 77.2 Å². The first-order valence-electron chi connectivity index (χ1n) is 10.1. The monoisotopic (exact) mass is 417 g/mol. The number of aryl methyl sites for hydroxylation is 1. The Morgan fingerprint density at radius 1 is 1.16 bits per heavy atom. The van der Waals surface area contributed by atoms with Gasteiger partial charge in [0.05, 0.1) is 11.1 Å². The van der Waals surface area contributed by atoms with Crippen molar-refractivity contribution in [2.24, 2.45) is 5.73 Å². The van der Waals surface area contributed by atoms with E-state index >= 15 is 0 Å². The van der Waals surface area contributed by atoms with E-state index in [1.165, 1.54) is 31.4 Å². The van der Waals surface area contributed by atoms with Crippen molar-refractivity contribution >= 4 is 22.7 Å². The number of hydrogen-bond donors (Lipinski definition) is 3. The van der Waals surface area contributed by atoms with Crippen LogP contribution in [0.3, 0.4) is 0 Å². The summed E-state index contributed by atoms with van der Waals surface area (Å²) in [6.45, 7) is 1.70. The lowest BCUT2D eigenvalue weighted by atomic mass is 9.95. The Balaban J connectivity index is 0.000000407. The number of nitrogens with two attached hydrogens (primary N) is 1. The van der Waals surface area contributed by atoms with E-state index in [-0.39, 0.29) is 11.3 Å². The van der Waals surface area contributed by atoms with Gasteiger partial charge in [-0.05, 0) is 31.9 Å². The molecule has 31 heavy (non-hydrogen) atoms. The molecule has 0 atom stereocenters. The van der Waals surface area contributed by atoms with Gasteiger partial charge in [0.15, 0.2) is 0 Å². The quantitative estimate of drug-likeness (QED) is 0.419. The molecule has 0 unspecified atom stereocenters. The van der Waals surface area contributed by atoms with Gasteiger partial charge in [0.1, 0.15) is 11.5 Å². The molecule has 1 saturated carbocycles. The maximum Gasteiger partial charge on any atom is 0.335 e. The number of nitrogens with one attached hydrogen (secondary N) is 1. The number of benzene rings is 2. The molecule has 0 bridgehead atoms. The average Bonchev–Trinajstić information content (AvgIpc) is 3.36. The van der Waals surface area contributed by atoms with Gasteiger partial charge in [-0.15, -0.1) is 0 Å². The van der Waals surface area contributed by atoms with E-state index in [4.69, 9.17) is 15.4 Å². The van der Waals surface area contributed by atoms with Crippen molar-refractivity contribution in [2.45, 2.75) is 32.2 Å². The van der Waals surface area contributed by atoms with Crippen LogP contribution in [0.4, 0.5) is 0 Å². The fourth-order valence-corrected chi connectivity index (χ4v) is 3.45. The van der Waals surface area contributed by atoms with E-state index in [9.17, 15) is 9.59 Å². The summed E-state index contributed by atoms with van der Waals surface area (Å²) < 4.78 is 5.27. The third kappa shape index (κ3) is 4.13. The predicted octanol–water partition coefficient (Wildman–Crippen LogP) is 4.56. The van der Waals surface area contributed by atoms with Crippen LogP contribution in [0.1, 0.15) is 51.3 Å². The van der Waals surface area contributed by atoms with Crippen LogP contribution in [0, 0.1) is 6.92 Å². The molecule has 2 heterocycles. The normalized spacial score (nSPS) is 13.4. The smallest absolute Gasteiger partial charge is 0.335 e. The number of nitrogens with zero attached hydrogens (tertiary/aromatic N) is 1. The SMILES string of the molecule is Cc1onc(-c2ccccc2)c1C(=O)c1c[nH]c2cc(C(=O)O)ccc12.NC1CCC1. The Labute approximate surface area is 178 Å². The molecule has 4 aromatic rings. The minimum absolute atomic E-state index is 0.157. The Hall–Kier alpha value is -3.71. The standard InChI is InChI=1S/C20H14N2O4.C4H9N/c1-11-17(18(22-26-11)12-5-3-2-4-6-12)19(23)15-10-21-16-9-13(20(24)25)7-8-14(15)16;5-4-2-1-3-4/h2-10,21H,1H3,(H,24,25);4H,1-3,5H2. The van der Waals surface area contributed by atoms with Gasteiger partial charge in [0.2, 0.25) is 5.78 Å². The van der Waals surface area contributed by atoms with Crippen molar-refractivity contribution in [1.82, 2.24) is 10.1 Å². The molecule has 1 fully saturated rings. The maximum atomic E-state index is 13.2. The van der Waals surface area contributed by atoms with Crippen LogP contribution >= 0.6 is 0 Å². The summed E-state index contributed by atoms with van der Waals surface area (Å²) in [7, 11) is 0. The summed E-state index contributed by atoms with van der Waals surface area (Å²) in [5.74, 6) is -0.807. The number of carbonyl (C=O) groups is 2. The lowest BCUT2D eigenvalue weighted by Gasteiger charge is -2.18. The Morgan fingerprint density at radius 3 is 2.48 bits per heavy atom. The molecule has 2 aromatic heterocycles. The van der Waals surface area contributed by atoms with Crippen LogP contribution in [0.15, 0.2) is 59.3 Å². The Kier molecular flexibility index (Phi) is 5.68. The average molecular weight is 417 g/mol. The first kappa shape index (κ1) is 20.6. The summed E-state index contributed by atoms with van der Waals surface area (Å²) >= 11 is 0. The van der Waals surface area contributed by atoms with Gasteiger partial charge < -0.3 is 20.3 Å². The zero-order valence-electron chi connectivity index (χ0n) is 17.1. The van der Waals surface area contributed by atoms with Crippen LogP contribution in [0.2, 0.25) is 0 Å². The summed E-state index contributed by atoms with van der Waals surface area (Å²) in [4.78, 5) is 27.3. The number of aromatic carboxylic acids is 1. The number of aromatic amines is 1. The van der Waals surface area contributed by atoms with Crippen LogP contribution in [-0.4, -0.2) is 33.0 Å². The van der Waals surface area contributed by atoms with Crippen molar-refractivity contribution in [3.8, 4) is 11.3 Å². The predicted molar refractivity (Wildman–Crippen MR) is 117 cm³/mol. The van der Waals surface area contributed by atoms with Crippen molar-refractivity contribution < 1.29 is 19.2 Å². The highest BCUT2D eigenvalue weighted by Gasteiger charge is 2.25. The lowest BCUT2D eigenvalue weighted by molar-refractivity contribution is 0.0697. The first-order valence-corrected chi connectivity index (χ1v) is 10.1. The van der Waals surface area contributed by atoms with E-state index in [0.717, 1.165) is 5.56 Å². The second-order valence-corrected chi connectivity index (χ2v) is 7.62. The number of carboxylic acid groups (broad SMARTS) is 1. The molecular formula is C24H23N3O4. The minimum Gasteiger partial charge on any atom is -0.478 e. The summed E-state index contributed by atoms with van der Waals surface area (Å²) in [5.41, 5.74) is 8.25. The molecule has 0 amide bonds. The van der Waals surface area contributed by atoms with Gasteiger partial charge in [-0.25, -0.2) is 4.79 Å². The van der Waals surface area contributed by atoms with Gasteiger partial charge >= 0.3 is 5.97 Å². The van der Waals surface area contributed by atoms with Crippen molar-refractivity contribution in [3.63, 3.8) is 0 Å². The zero-order valence-corrected chi connectivity index (χ0v) is 17.1. The molecule has 2 aromatic carbocycles. The lowest BCUT2D eigenvalue weighted by Crippen LogP contribution is -2.27. The van der Waals surface area contributed by atoms with Gasteiger partial charge in [0.25, 0.3) is 0 Å². The molecule has 1 aliphatic carbocycles. The number of aromatic nitrogens is 2. The fraction of sp³-hybridized carbons (Fsp3) is 0.208. The highest BCUT2D eigenvalue weighted by Crippen LogP contribution is 2.30. The molecule has 1 aliphatic rings. The van der Waals surface area contributed by atoms with Crippen LogP contribution < -0.4 is 5.73 Å². The number of rotatable bonds is 4. The van der Waals surface area contributed by atoms with Gasteiger partial charge in [-0.3, -0.25) is 4.79 Å². The molecule has 0 aliphatic heterocycles. The van der Waals surface area contributed by atoms with Crippen LogP contribution in [0.5, 0.6) is 0 Å². The Morgan fingerprint density at radius 2 is 1.87 bits per heavy atom. The number of H-pyrrole nitrogens is 1. The third-order valence-corrected chi connectivity index (χ3v) is 5.46. The molecule has 4 N–H and O–H groups in total. The molecule has 7 nitrogen and oxygen atoms in total. The maximum absolute atomic E-state index is 13.2. The number of hydrogen-bond acceptors (Lipinski definition) is 5. The molecule has 0 saturated heterocycles. The topological polar surface area (TPSA) is 122 Å². The minimum atomic E-state index is -1.02. The number of fused-ring (bicyclic) bond motifs is 1. The molecular weight excluding hydrogens is 394 g/mol. The molecule has 5 rings (SSSR count). The fourth-order valence-electron chi connectivity index (χ4n) is 3.45. The van der Waals surface area contributed by atoms with Crippen LogP contribution in [0.25, 0.3) is 22.2 Å². The van der Waals surface area contributed by atoms with Gasteiger partial charge in [-0.1, -0.05) is 48.0 Å². The van der Waals surface area contributed by atoms with E-state index in [1.54, 1.807) is 19.2 Å². The third-order valence-electron chi connectivity index (χ3n) is 5.46. The van der Waals surface area contributed by atoms with Gasteiger partial charge in [0, 0.05) is 34.3 Å². The number of carboxylic acids is 1. The van der Waals surface area contributed by atoms with E-state index in [1.807, 2.05) is 30.3 Å². The molecule has 7 heteroatoms. The van der Waals surface area contributed by atoms with Crippen LogP contribution in [-0.2, 0) is 0 Å². The highest BCUT2D eigenvalue weighted by molar-refractivity contribution is 6.19. The first-order chi connectivity index (χ1) is 15.0. The summed E-state index contributed by atoms with van der Waals surface area (Å²) in [6.07, 6.45) is 5.47. The largest absolute Gasteiger partial charge is 0.478 e. The van der Waals surface area contributed by atoms with Crippen molar-refractivity contribution in [2.75, 3.05) is 0 Å². The second kappa shape index (κ2) is 8.57. The van der Waals surface area contributed by atoms with E-state index < -0.39 is 5.97 Å². The Bertz CT molecular complexity index is 1240. The second-order valence-electron chi connectivity index (χ2n) is 7.62. The molecule has 0 spiro atoms. The van der Waals surface area contributed by atoms with E-state index in [0.29, 0.717) is 39.5 Å². The molecule has 0 radical (unpaired) electrons. The highest BCUT2D eigenvalue weighted by atomic mass is 16.5. The molecule has 158 valence electrons. The summed E-state index contributed by atoms with van der Waals surface area (Å²) in [6, 6.07) is 14.5. The van der Waals surface area contributed by atoms with Gasteiger partial charge in [-0.2, -0.15) is 0 Å². The number of ketones is 1.